The van der Waals surface area contributed by atoms with Crippen LogP contribution in [0.2, 0.25) is 0 Å². The number of nitrogens with one attached hydrogen (secondary N) is 2. The molecule has 1 aromatic carbocycles. The summed E-state index contributed by atoms with van der Waals surface area (Å²) in [6.45, 7) is 5.41. The van der Waals surface area contributed by atoms with Crippen molar-refractivity contribution in [2.75, 3.05) is 24.5 Å². The summed E-state index contributed by atoms with van der Waals surface area (Å²) in [5, 5.41) is 15.9. The molecule has 2 heterocycles. The first-order chi connectivity index (χ1) is 13.3. The van der Waals surface area contributed by atoms with Crippen LogP contribution in [-0.4, -0.2) is 36.6 Å². The van der Waals surface area contributed by atoms with Crippen LogP contribution in [0.1, 0.15) is 30.9 Å². The Hall–Kier alpha value is -3.07. The van der Waals surface area contributed by atoms with Gasteiger partial charge in [-0.15, -0.1) is 0 Å². The van der Waals surface area contributed by atoms with E-state index in [0.29, 0.717) is 18.2 Å². The van der Waals surface area contributed by atoms with Gasteiger partial charge in [0.05, 0.1) is 18.2 Å². The standard InChI is InChI=1S/C21H26N6/c1-2-23-21(25-16-18-7-5-6-17(14-18)15-22)26-19-9-12-27(13-10-19)20-8-3-4-11-24-20/h3-8,11,14,19H,2,9-10,12-13,16H2,1H3,(H2,23,25,26). The number of aliphatic imine (C=N–C) groups is 1. The van der Waals surface area contributed by atoms with E-state index in [2.05, 4.69) is 44.6 Å². The van der Waals surface area contributed by atoms with E-state index in [1.165, 1.54) is 0 Å². The average Bonchev–Trinajstić information content (AvgIpc) is 2.73. The van der Waals surface area contributed by atoms with Crippen LogP contribution in [0.15, 0.2) is 53.7 Å². The summed E-state index contributed by atoms with van der Waals surface area (Å²) in [6, 6.07) is 16.2. The minimum atomic E-state index is 0.396. The molecule has 0 spiro atoms. The summed E-state index contributed by atoms with van der Waals surface area (Å²) in [5.74, 6) is 1.88. The molecule has 1 aromatic heterocycles. The van der Waals surface area contributed by atoms with Crippen molar-refractivity contribution in [1.29, 1.82) is 5.26 Å². The number of pyridine rings is 1. The largest absolute Gasteiger partial charge is 0.357 e. The van der Waals surface area contributed by atoms with E-state index in [0.717, 1.165) is 49.8 Å². The van der Waals surface area contributed by atoms with Gasteiger partial charge in [-0.3, -0.25) is 0 Å². The maximum absolute atomic E-state index is 9.02. The second kappa shape index (κ2) is 9.58. The highest BCUT2D eigenvalue weighted by Gasteiger charge is 2.20. The van der Waals surface area contributed by atoms with Gasteiger partial charge in [-0.2, -0.15) is 5.26 Å². The third-order valence-corrected chi connectivity index (χ3v) is 4.63. The van der Waals surface area contributed by atoms with Gasteiger partial charge in [0.25, 0.3) is 0 Å². The van der Waals surface area contributed by atoms with Crippen molar-refractivity contribution in [2.45, 2.75) is 32.4 Å². The summed E-state index contributed by atoms with van der Waals surface area (Å²) in [6.07, 6.45) is 3.94. The number of guanidine groups is 1. The first-order valence-electron chi connectivity index (χ1n) is 9.48. The SMILES string of the molecule is CCNC(=NCc1cccc(C#N)c1)NC1CCN(c2ccccn2)CC1. The van der Waals surface area contributed by atoms with Crippen molar-refractivity contribution >= 4 is 11.8 Å². The van der Waals surface area contributed by atoms with Crippen LogP contribution >= 0.6 is 0 Å². The van der Waals surface area contributed by atoms with Crippen molar-refractivity contribution in [3.05, 3.63) is 59.8 Å². The van der Waals surface area contributed by atoms with Crippen LogP contribution in [0.4, 0.5) is 5.82 Å². The van der Waals surface area contributed by atoms with Crippen molar-refractivity contribution < 1.29 is 0 Å². The number of piperidine rings is 1. The Morgan fingerprint density at radius 3 is 2.81 bits per heavy atom. The first-order valence-corrected chi connectivity index (χ1v) is 9.48. The van der Waals surface area contributed by atoms with Gasteiger partial charge in [0.2, 0.25) is 0 Å². The third kappa shape index (κ3) is 5.45. The molecule has 1 saturated heterocycles. The van der Waals surface area contributed by atoms with Gasteiger partial charge < -0.3 is 15.5 Å². The van der Waals surface area contributed by atoms with Gasteiger partial charge in [-0.05, 0) is 49.6 Å². The molecule has 3 rings (SSSR count). The highest BCUT2D eigenvalue weighted by Crippen LogP contribution is 2.17. The maximum Gasteiger partial charge on any atom is 0.191 e. The molecule has 2 aromatic rings. The molecule has 0 atom stereocenters. The molecule has 2 N–H and O–H groups in total. The fourth-order valence-electron chi connectivity index (χ4n) is 3.22. The van der Waals surface area contributed by atoms with E-state index >= 15 is 0 Å². The Morgan fingerprint density at radius 1 is 1.26 bits per heavy atom. The molecule has 1 fully saturated rings. The van der Waals surface area contributed by atoms with Crippen LogP contribution in [0, 0.1) is 11.3 Å². The van der Waals surface area contributed by atoms with Gasteiger partial charge in [-0.1, -0.05) is 18.2 Å². The molecule has 0 bridgehead atoms. The highest BCUT2D eigenvalue weighted by atomic mass is 15.2. The summed E-state index contributed by atoms with van der Waals surface area (Å²) in [7, 11) is 0. The Balaban J connectivity index is 1.56. The lowest BCUT2D eigenvalue weighted by Crippen LogP contribution is -2.48. The van der Waals surface area contributed by atoms with E-state index in [4.69, 9.17) is 5.26 Å². The summed E-state index contributed by atoms with van der Waals surface area (Å²) < 4.78 is 0. The van der Waals surface area contributed by atoms with Crippen molar-refractivity contribution in [1.82, 2.24) is 15.6 Å². The minimum Gasteiger partial charge on any atom is -0.357 e. The second-order valence-electron chi connectivity index (χ2n) is 6.60. The van der Waals surface area contributed by atoms with E-state index < -0.39 is 0 Å². The quantitative estimate of drug-likeness (QED) is 0.632. The molecule has 1 aliphatic rings. The number of nitrogens with zero attached hydrogens (tertiary/aromatic N) is 4. The number of rotatable bonds is 5. The molecule has 0 aliphatic carbocycles. The Morgan fingerprint density at radius 2 is 2.11 bits per heavy atom. The summed E-state index contributed by atoms with van der Waals surface area (Å²) >= 11 is 0. The number of nitriles is 1. The lowest BCUT2D eigenvalue weighted by atomic mass is 10.1. The maximum atomic E-state index is 9.02. The molecule has 0 radical (unpaired) electrons. The normalized spacial score (nSPS) is 15.3. The first kappa shape index (κ1) is 18.7. The molecule has 140 valence electrons. The Kier molecular flexibility index (Phi) is 6.64. The fraction of sp³-hybridized carbons (Fsp3) is 0.381. The zero-order chi connectivity index (χ0) is 18.9. The number of hydrogen-bond acceptors (Lipinski definition) is 4. The molecule has 6 heteroatoms. The van der Waals surface area contributed by atoms with Gasteiger partial charge in [0, 0.05) is 31.9 Å². The van der Waals surface area contributed by atoms with Gasteiger partial charge in [0.15, 0.2) is 5.96 Å². The predicted molar refractivity (Wildman–Crippen MR) is 109 cm³/mol. The van der Waals surface area contributed by atoms with E-state index in [-0.39, 0.29) is 0 Å². The van der Waals surface area contributed by atoms with Crippen LogP contribution in [0.25, 0.3) is 0 Å². The van der Waals surface area contributed by atoms with Gasteiger partial charge >= 0.3 is 0 Å². The molecule has 1 aliphatic heterocycles. The topological polar surface area (TPSA) is 76.3 Å². The van der Waals surface area contributed by atoms with Crippen LogP contribution in [0.3, 0.4) is 0 Å². The summed E-state index contributed by atoms with van der Waals surface area (Å²) in [5.41, 5.74) is 1.71. The van der Waals surface area contributed by atoms with Crippen molar-refractivity contribution in [3.63, 3.8) is 0 Å². The molecule has 6 nitrogen and oxygen atoms in total. The molecule has 0 amide bonds. The van der Waals surface area contributed by atoms with Gasteiger partial charge in [0.1, 0.15) is 5.82 Å². The van der Waals surface area contributed by atoms with Gasteiger partial charge in [-0.25, -0.2) is 9.98 Å². The average molecular weight is 362 g/mol. The second-order valence-corrected chi connectivity index (χ2v) is 6.60. The predicted octanol–water partition coefficient (Wildman–Crippen LogP) is 2.68. The molecular formula is C21H26N6. The minimum absolute atomic E-state index is 0.396. The van der Waals surface area contributed by atoms with Crippen LogP contribution < -0.4 is 15.5 Å². The summed E-state index contributed by atoms with van der Waals surface area (Å²) in [4.78, 5) is 11.5. The zero-order valence-corrected chi connectivity index (χ0v) is 15.7. The number of hydrogen-bond donors (Lipinski definition) is 2. The number of benzene rings is 1. The highest BCUT2D eigenvalue weighted by molar-refractivity contribution is 5.80. The lowest BCUT2D eigenvalue weighted by molar-refractivity contribution is 0.459. The van der Waals surface area contributed by atoms with E-state index in [1.54, 1.807) is 0 Å². The van der Waals surface area contributed by atoms with Crippen molar-refractivity contribution in [3.8, 4) is 6.07 Å². The number of anilines is 1. The van der Waals surface area contributed by atoms with Crippen molar-refractivity contribution in [2.24, 2.45) is 4.99 Å². The smallest absolute Gasteiger partial charge is 0.191 e. The fourth-order valence-corrected chi connectivity index (χ4v) is 3.22. The van der Waals surface area contributed by atoms with Crippen LogP contribution in [0.5, 0.6) is 0 Å². The third-order valence-electron chi connectivity index (χ3n) is 4.63. The Labute approximate surface area is 160 Å². The molecular weight excluding hydrogens is 336 g/mol. The number of aromatic nitrogens is 1. The Bertz CT molecular complexity index is 788. The molecule has 27 heavy (non-hydrogen) atoms. The lowest BCUT2D eigenvalue weighted by Gasteiger charge is -2.33. The zero-order valence-electron chi connectivity index (χ0n) is 15.7. The van der Waals surface area contributed by atoms with E-state index in [9.17, 15) is 0 Å². The monoisotopic (exact) mass is 362 g/mol. The van der Waals surface area contributed by atoms with E-state index in [1.807, 2.05) is 42.6 Å². The molecule has 0 saturated carbocycles. The van der Waals surface area contributed by atoms with Crippen LogP contribution in [-0.2, 0) is 6.54 Å². The molecule has 0 unspecified atom stereocenters.